The number of anilines is 2. The van der Waals surface area contributed by atoms with Gasteiger partial charge in [0.2, 0.25) is 11.8 Å². The van der Waals surface area contributed by atoms with E-state index in [2.05, 4.69) is 37.2 Å². The van der Waals surface area contributed by atoms with Crippen LogP contribution in [0, 0.1) is 11.8 Å². The summed E-state index contributed by atoms with van der Waals surface area (Å²) in [4.78, 5) is 40.2. The van der Waals surface area contributed by atoms with Crippen molar-refractivity contribution in [3.05, 3.63) is 59.7 Å². The van der Waals surface area contributed by atoms with Gasteiger partial charge in [0.15, 0.2) is 0 Å². The van der Waals surface area contributed by atoms with Crippen molar-refractivity contribution in [3.63, 3.8) is 0 Å². The lowest BCUT2D eigenvalue weighted by Crippen LogP contribution is -2.34. The molecular formula is C22H17Br2F3N2O3. The van der Waals surface area contributed by atoms with Gasteiger partial charge in [-0.2, -0.15) is 13.2 Å². The molecular weight excluding hydrogens is 557 g/mol. The van der Waals surface area contributed by atoms with Crippen molar-refractivity contribution in [1.29, 1.82) is 0 Å². The largest absolute Gasteiger partial charge is 0.418 e. The maximum Gasteiger partial charge on any atom is 0.418 e. The number of para-hydroxylation sites is 2. The molecule has 4 atom stereocenters. The molecule has 2 aliphatic rings. The molecule has 1 N–H and O–H groups in total. The van der Waals surface area contributed by atoms with E-state index in [1.54, 1.807) is 6.07 Å². The van der Waals surface area contributed by atoms with E-state index in [0.717, 1.165) is 17.0 Å². The fraction of sp³-hybridized carbons (Fsp3) is 0.318. The summed E-state index contributed by atoms with van der Waals surface area (Å²) >= 11 is 7.05. The van der Waals surface area contributed by atoms with E-state index in [4.69, 9.17) is 0 Å². The number of rotatable bonds is 3. The Hall–Kier alpha value is -2.20. The maximum atomic E-state index is 13.3. The molecule has 1 saturated carbocycles. The molecule has 2 fully saturated rings. The van der Waals surface area contributed by atoms with Crippen LogP contribution in [0.4, 0.5) is 24.5 Å². The number of imide groups is 1. The van der Waals surface area contributed by atoms with Gasteiger partial charge in [0.25, 0.3) is 5.91 Å². The quantitative estimate of drug-likeness (QED) is 0.396. The summed E-state index contributed by atoms with van der Waals surface area (Å²) < 4.78 is 39.9. The van der Waals surface area contributed by atoms with Crippen LogP contribution >= 0.6 is 31.9 Å². The van der Waals surface area contributed by atoms with Gasteiger partial charge < -0.3 is 5.32 Å². The van der Waals surface area contributed by atoms with Crippen LogP contribution in [0.25, 0.3) is 0 Å². The Morgan fingerprint density at radius 3 is 2.03 bits per heavy atom. The summed E-state index contributed by atoms with van der Waals surface area (Å²) in [5.41, 5.74) is -1.39. The van der Waals surface area contributed by atoms with Crippen molar-refractivity contribution in [2.75, 3.05) is 10.2 Å². The average molecular weight is 574 g/mol. The fourth-order valence-electron chi connectivity index (χ4n) is 4.22. The SMILES string of the molecule is O=C(Nc1ccccc1C(F)(F)F)c1ccccc1N1C(=O)[C@H]2C[C@@H](Br)[C@@H](Br)C[C@H]2C1=O. The van der Waals surface area contributed by atoms with Crippen LogP contribution in [0.3, 0.4) is 0 Å². The van der Waals surface area contributed by atoms with Crippen LogP contribution in [0.2, 0.25) is 0 Å². The highest BCUT2D eigenvalue weighted by Crippen LogP contribution is 2.45. The van der Waals surface area contributed by atoms with Gasteiger partial charge in [0.05, 0.1) is 34.3 Å². The van der Waals surface area contributed by atoms with Gasteiger partial charge in [0, 0.05) is 9.65 Å². The second-order valence-corrected chi connectivity index (χ2v) is 10.1. The lowest BCUT2D eigenvalue weighted by atomic mass is 9.81. The number of fused-ring (bicyclic) bond motifs is 1. The molecule has 0 radical (unpaired) electrons. The molecule has 10 heteroatoms. The van der Waals surface area contributed by atoms with Gasteiger partial charge in [-0.25, -0.2) is 4.90 Å². The van der Waals surface area contributed by atoms with E-state index in [0.29, 0.717) is 12.8 Å². The zero-order valence-electron chi connectivity index (χ0n) is 16.4. The topological polar surface area (TPSA) is 66.5 Å². The lowest BCUT2D eigenvalue weighted by molar-refractivity contribution is -0.137. The summed E-state index contributed by atoms with van der Waals surface area (Å²) in [5, 5.41) is 2.28. The van der Waals surface area contributed by atoms with E-state index in [-0.39, 0.29) is 20.9 Å². The van der Waals surface area contributed by atoms with E-state index < -0.39 is 47.0 Å². The van der Waals surface area contributed by atoms with E-state index in [1.807, 2.05) is 0 Å². The van der Waals surface area contributed by atoms with E-state index in [9.17, 15) is 27.6 Å². The third-order valence-electron chi connectivity index (χ3n) is 5.78. The Labute approximate surface area is 198 Å². The molecule has 3 amide bonds. The van der Waals surface area contributed by atoms with Crippen molar-refractivity contribution in [1.82, 2.24) is 0 Å². The zero-order valence-corrected chi connectivity index (χ0v) is 19.6. The Balaban J connectivity index is 1.67. The first kappa shape index (κ1) is 23.0. The van der Waals surface area contributed by atoms with Crippen LogP contribution in [-0.4, -0.2) is 27.4 Å². The van der Waals surface area contributed by atoms with Crippen LogP contribution in [0.5, 0.6) is 0 Å². The predicted molar refractivity (Wildman–Crippen MR) is 120 cm³/mol. The number of carbonyl (C=O) groups excluding carboxylic acids is 3. The highest BCUT2D eigenvalue weighted by Gasteiger charge is 2.52. The van der Waals surface area contributed by atoms with Crippen LogP contribution in [-0.2, 0) is 15.8 Å². The molecule has 0 spiro atoms. The van der Waals surface area contributed by atoms with Gasteiger partial charge >= 0.3 is 6.18 Å². The van der Waals surface area contributed by atoms with Gasteiger partial charge in [-0.1, -0.05) is 56.1 Å². The smallest absolute Gasteiger partial charge is 0.321 e. The van der Waals surface area contributed by atoms with Crippen LogP contribution < -0.4 is 10.2 Å². The second-order valence-electron chi connectivity index (χ2n) is 7.74. The minimum absolute atomic E-state index is 0.0258. The molecule has 168 valence electrons. The standard InChI is InChI=1S/C22H17Br2F3N2O3/c23-15-9-12-13(10-16(15)24)21(32)29(20(12)31)18-8-4-1-5-11(18)19(30)28-17-7-3-2-6-14(17)22(25,26)27/h1-8,12-13,15-16H,9-10H2,(H,28,30)/t12-,13+,15+,16-. The number of nitrogens with one attached hydrogen (secondary N) is 1. The minimum atomic E-state index is -4.65. The molecule has 1 saturated heterocycles. The highest BCUT2D eigenvalue weighted by molar-refractivity contribution is 9.12. The maximum absolute atomic E-state index is 13.3. The van der Waals surface area contributed by atoms with Crippen molar-refractivity contribution < 1.29 is 27.6 Å². The molecule has 2 aromatic rings. The third kappa shape index (κ3) is 4.10. The molecule has 1 heterocycles. The first-order chi connectivity index (χ1) is 15.1. The molecule has 0 bridgehead atoms. The normalized spacial score (nSPS) is 25.6. The number of hydrogen-bond donors (Lipinski definition) is 1. The summed E-state index contributed by atoms with van der Waals surface area (Å²) in [6.07, 6.45) is -3.72. The number of nitrogens with zero attached hydrogens (tertiary/aromatic N) is 1. The Morgan fingerprint density at radius 2 is 1.44 bits per heavy atom. The monoisotopic (exact) mass is 572 g/mol. The molecule has 32 heavy (non-hydrogen) atoms. The van der Waals surface area contributed by atoms with Gasteiger partial charge in [-0.15, -0.1) is 0 Å². The summed E-state index contributed by atoms with van der Waals surface area (Å²) in [5.74, 6) is -2.67. The minimum Gasteiger partial charge on any atom is -0.321 e. The second kappa shape index (κ2) is 8.62. The number of halogens is 5. The van der Waals surface area contributed by atoms with E-state index in [1.165, 1.54) is 30.3 Å². The number of benzene rings is 2. The molecule has 2 aromatic carbocycles. The summed E-state index contributed by atoms with van der Waals surface area (Å²) in [6.45, 7) is 0. The van der Waals surface area contributed by atoms with Crippen molar-refractivity contribution in [2.24, 2.45) is 11.8 Å². The van der Waals surface area contributed by atoms with E-state index >= 15 is 0 Å². The molecule has 0 unspecified atom stereocenters. The first-order valence-corrected chi connectivity index (χ1v) is 11.6. The van der Waals surface area contributed by atoms with Gasteiger partial charge in [-0.05, 0) is 37.1 Å². The predicted octanol–water partition coefficient (Wildman–Crippen LogP) is 5.38. The first-order valence-electron chi connectivity index (χ1n) is 9.82. The highest BCUT2D eigenvalue weighted by atomic mass is 79.9. The van der Waals surface area contributed by atoms with Crippen molar-refractivity contribution >= 4 is 61.0 Å². The lowest BCUT2D eigenvalue weighted by Gasteiger charge is -2.29. The summed E-state index contributed by atoms with van der Waals surface area (Å²) in [6, 6.07) is 10.5. The third-order valence-corrected chi connectivity index (χ3v) is 8.52. The fourth-order valence-corrected chi connectivity index (χ4v) is 5.46. The molecule has 4 rings (SSSR count). The Morgan fingerprint density at radius 1 is 0.906 bits per heavy atom. The number of amides is 3. The Kier molecular flexibility index (Phi) is 6.19. The molecule has 1 aliphatic heterocycles. The van der Waals surface area contributed by atoms with Crippen LogP contribution in [0.1, 0.15) is 28.8 Å². The van der Waals surface area contributed by atoms with Crippen LogP contribution in [0.15, 0.2) is 48.5 Å². The molecule has 0 aromatic heterocycles. The summed E-state index contributed by atoms with van der Waals surface area (Å²) in [7, 11) is 0. The van der Waals surface area contributed by atoms with Gasteiger partial charge in [-0.3, -0.25) is 14.4 Å². The van der Waals surface area contributed by atoms with Gasteiger partial charge in [0.1, 0.15) is 0 Å². The number of alkyl halides is 5. The van der Waals surface area contributed by atoms with Crippen molar-refractivity contribution in [2.45, 2.75) is 28.7 Å². The van der Waals surface area contributed by atoms with Crippen molar-refractivity contribution in [3.8, 4) is 0 Å². The zero-order chi connectivity index (χ0) is 23.2. The Bertz CT molecular complexity index is 1060. The number of carbonyl (C=O) groups is 3. The molecule has 5 nitrogen and oxygen atoms in total. The number of hydrogen-bond acceptors (Lipinski definition) is 3. The average Bonchev–Trinajstić information content (AvgIpc) is 2.97. The molecule has 1 aliphatic carbocycles.